The number of primary amides is 1. The Kier molecular flexibility index (Phi) is 7.17. The van der Waals surface area contributed by atoms with Crippen LogP contribution in [-0.2, 0) is 4.79 Å². The molecule has 37 heavy (non-hydrogen) atoms. The molecule has 5 rings (SSSR count). The average Bonchev–Trinajstić information content (AvgIpc) is 3.21. The van der Waals surface area contributed by atoms with Gasteiger partial charge in [-0.2, -0.15) is 4.98 Å². The zero-order valence-corrected chi connectivity index (χ0v) is 21.2. The summed E-state index contributed by atoms with van der Waals surface area (Å²) in [6.07, 6.45) is 6.00. The standard InChI is InChI=1S/C25H30ClF2N7O2/c1-12-2-5-15(10-20(12)36)31-24-30-11-19-23(34-24)35(16-6-3-13(4-7-16)22(29)37)25(32-19)33-21-17(27)8-14(26)9-18(21)28/h8-9,11-13,15-16,20,36H,2-7,10H2,1H3,(H2,29,37)(H,32,33)(H,30,31,34)/t12-,13-,15-,16+,20-/m1/s1. The number of hydrogen-bond donors (Lipinski definition) is 4. The van der Waals surface area contributed by atoms with E-state index in [2.05, 4.69) is 20.6 Å². The zero-order valence-electron chi connectivity index (χ0n) is 20.4. The topological polar surface area (TPSA) is 131 Å². The maximum atomic E-state index is 14.6. The zero-order chi connectivity index (χ0) is 26.3. The summed E-state index contributed by atoms with van der Waals surface area (Å²) in [6.45, 7) is 2.04. The molecular formula is C25H30ClF2N7O2. The number of rotatable bonds is 6. The number of nitrogens with two attached hydrogens (primary N) is 1. The van der Waals surface area contributed by atoms with Crippen molar-refractivity contribution in [2.24, 2.45) is 17.6 Å². The molecule has 1 amide bonds. The van der Waals surface area contributed by atoms with Crippen molar-refractivity contribution >= 4 is 46.3 Å². The Balaban J connectivity index is 1.50. The Bertz CT molecular complexity index is 1290. The van der Waals surface area contributed by atoms with Gasteiger partial charge in [-0.1, -0.05) is 18.5 Å². The Morgan fingerprint density at radius 2 is 1.84 bits per heavy atom. The minimum atomic E-state index is -0.848. The van der Waals surface area contributed by atoms with E-state index in [9.17, 15) is 18.7 Å². The van der Waals surface area contributed by atoms with E-state index in [1.165, 1.54) is 0 Å². The number of hydrogen-bond acceptors (Lipinski definition) is 7. The average molecular weight is 534 g/mol. The number of nitrogens with one attached hydrogen (secondary N) is 2. The van der Waals surface area contributed by atoms with Gasteiger partial charge >= 0.3 is 0 Å². The van der Waals surface area contributed by atoms with Crippen molar-refractivity contribution in [1.29, 1.82) is 0 Å². The van der Waals surface area contributed by atoms with Crippen LogP contribution in [-0.4, -0.2) is 42.7 Å². The molecular weight excluding hydrogens is 504 g/mol. The molecule has 2 aromatic heterocycles. The quantitative estimate of drug-likeness (QED) is 0.362. The lowest BCUT2D eigenvalue weighted by molar-refractivity contribution is -0.122. The fourth-order valence-electron chi connectivity index (χ4n) is 5.40. The number of amides is 1. The van der Waals surface area contributed by atoms with Crippen molar-refractivity contribution in [3.05, 3.63) is 35.0 Å². The van der Waals surface area contributed by atoms with Crippen LogP contribution < -0.4 is 16.4 Å². The third kappa shape index (κ3) is 5.33. The van der Waals surface area contributed by atoms with Gasteiger partial charge in [-0.15, -0.1) is 0 Å². The minimum Gasteiger partial charge on any atom is -0.393 e. The smallest absolute Gasteiger partial charge is 0.224 e. The molecule has 0 radical (unpaired) electrons. The lowest BCUT2D eigenvalue weighted by Gasteiger charge is -2.31. The van der Waals surface area contributed by atoms with Gasteiger partial charge < -0.3 is 21.5 Å². The van der Waals surface area contributed by atoms with Gasteiger partial charge in [0, 0.05) is 23.0 Å². The van der Waals surface area contributed by atoms with Crippen LogP contribution in [0.3, 0.4) is 0 Å². The van der Waals surface area contributed by atoms with Crippen LogP contribution >= 0.6 is 11.6 Å². The van der Waals surface area contributed by atoms with E-state index in [0.717, 1.165) is 25.0 Å². The molecule has 9 nitrogen and oxygen atoms in total. The number of benzene rings is 1. The maximum Gasteiger partial charge on any atom is 0.224 e. The second-order valence-electron chi connectivity index (χ2n) is 10.2. The molecule has 2 aliphatic rings. The van der Waals surface area contributed by atoms with Crippen molar-refractivity contribution in [3.8, 4) is 0 Å². The number of fused-ring (bicyclic) bond motifs is 1. The minimum absolute atomic E-state index is 0.0286. The fourth-order valence-corrected chi connectivity index (χ4v) is 5.59. The summed E-state index contributed by atoms with van der Waals surface area (Å²) in [5.74, 6) is -1.37. The molecule has 5 N–H and O–H groups in total. The summed E-state index contributed by atoms with van der Waals surface area (Å²) in [4.78, 5) is 25.4. The highest BCUT2D eigenvalue weighted by molar-refractivity contribution is 6.30. The lowest BCUT2D eigenvalue weighted by atomic mass is 9.85. The third-order valence-corrected chi connectivity index (χ3v) is 7.85. The predicted molar refractivity (Wildman–Crippen MR) is 137 cm³/mol. The second-order valence-corrected chi connectivity index (χ2v) is 10.6. The van der Waals surface area contributed by atoms with Gasteiger partial charge in [0.1, 0.15) is 11.2 Å². The lowest BCUT2D eigenvalue weighted by Crippen LogP contribution is -2.35. The number of aliphatic hydroxyl groups is 1. The Morgan fingerprint density at radius 3 is 2.49 bits per heavy atom. The summed E-state index contributed by atoms with van der Waals surface area (Å²) >= 11 is 5.79. The van der Waals surface area contributed by atoms with Crippen LogP contribution in [0.1, 0.15) is 57.9 Å². The number of carbonyl (C=O) groups excluding carboxylic acids is 1. The van der Waals surface area contributed by atoms with Crippen molar-refractivity contribution in [2.75, 3.05) is 10.6 Å². The predicted octanol–water partition coefficient (Wildman–Crippen LogP) is 4.68. The normalized spacial score (nSPS) is 26.2. The van der Waals surface area contributed by atoms with Gasteiger partial charge in [0.2, 0.25) is 17.8 Å². The van der Waals surface area contributed by atoms with Crippen LogP contribution in [0.15, 0.2) is 18.3 Å². The molecule has 12 heteroatoms. The molecule has 3 aromatic rings. The van der Waals surface area contributed by atoms with E-state index in [4.69, 9.17) is 22.3 Å². The summed E-state index contributed by atoms with van der Waals surface area (Å²) in [5, 5.41) is 16.3. The molecule has 2 heterocycles. The van der Waals surface area contributed by atoms with Crippen molar-refractivity contribution < 1.29 is 18.7 Å². The maximum absolute atomic E-state index is 14.6. The Hall–Kier alpha value is -3.05. The van der Waals surface area contributed by atoms with Crippen molar-refractivity contribution in [2.45, 2.75) is 70.1 Å². The van der Waals surface area contributed by atoms with E-state index in [1.54, 1.807) is 6.20 Å². The number of aliphatic hydroxyl groups excluding tert-OH is 1. The molecule has 0 saturated heterocycles. The van der Waals surface area contributed by atoms with E-state index in [0.29, 0.717) is 49.2 Å². The summed E-state index contributed by atoms with van der Waals surface area (Å²) in [5.41, 5.74) is 6.10. The van der Waals surface area contributed by atoms with Crippen LogP contribution in [0.2, 0.25) is 5.02 Å². The summed E-state index contributed by atoms with van der Waals surface area (Å²) < 4.78 is 31.1. The molecule has 2 aliphatic carbocycles. The monoisotopic (exact) mass is 533 g/mol. The van der Waals surface area contributed by atoms with Gasteiger partial charge in [0.05, 0.1) is 12.3 Å². The van der Waals surface area contributed by atoms with Gasteiger partial charge in [0.25, 0.3) is 0 Å². The fraction of sp³-hybridized carbons (Fsp3) is 0.520. The van der Waals surface area contributed by atoms with Gasteiger partial charge in [-0.3, -0.25) is 9.36 Å². The van der Waals surface area contributed by atoms with Crippen molar-refractivity contribution in [1.82, 2.24) is 19.5 Å². The number of anilines is 3. The first-order valence-corrected chi connectivity index (χ1v) is 13.0. The summed E-state index contributed by atoms with van der Waals surface area (Å²) in [7, 11) is 0. The van der Waals surface area contributed by atoms with E-state index < -0.39 is 11.6 Å². The molecule has 2 saturated carbocycles. The second kappa shape index (κ2) is 10.4. The van der Waals surface area contributed by atoms with Crippen LogP contribution in [0.25, 0.3) is 11.2 Å². The first-order valence-electron chi connectivity index (χ1n) is 12.6. The van der Waals surface area contributed by atoms with Crippen molar-refractivity contribution in [3.63, 3.8) is 0 Å². The number of imidazole rings is 1. The Morgan fingerprint density at radius 1 is 1.14 bits per heavy atom. The Labute approximate surface area is 217 Å². The number of nitrogens with zero attached hydrogens (tertiary/aromatic N) is 4. The largest absolute Gasteiger partial charge is 0.393 e. The third-order valence-electron chi connectivity index (χ3n) is 7.63. The molecule has 3 atom stereocenters. The van der Waals surface area contributed by atoms with Crippen LogP contribution in [0, 0.1) is 23.5 Å². The highest BCUT2D eigenvalue weighted by Gasteiger charge is 2.30. The highest BCUT2D eigenvalue weighted by atomic mass is 35.5. The highest BCUT2D eigenvalue weighted by Crippen LogP contribution is 2.38. The number of aromatic nitrogens is 4. The van der Waals surface area contributed by atoms with E-state index in [1.807, 2.05) is 11.5 Å². The van der Waals surface area contributed by atoms with Crippen LogP contribution in [0.5, 0.6) is 0 Å². The van der Waals surface area contributed by atoms with Gasteiger partial charge in [-0.05, 0) is 63.0 Å². The molecule has 1 aromatic carbocycles. The first-order chi connectivity index (χ1) is 17.7. The number of carbonyl (C=O) groups is 1. The van der Waals surface area contributed by atoms with E-state index >= 15 is 0 Å². The van der Waals surface area contributed by atoms with Gasteiger partial charge in [-0.25, -0.2) is 18.7 Å². The first kappa shape index (κ1) is 25.6. The molecule has 0 unspecified atom stereocenters. The number of halogens is 3. The molecule has 2 fully saturated rings. The summed E-state index contributed by atoms with van der Waals surface area (Å²) in [6, 6.07) is 1.96. The molecule has 0 spiro atoms. The molecule has 0 bridgehead atoms. The SMILES string of the molecule is C[C@@H]1CC[C@@H](Nc2ncc3nc(Nc4c(F)cc(Cl)cc4F)n([C@H]4CC[C@@H](C(N)=O)CC4)c3n2)C[C@H]1O. The molecule has 0 aliphatic heterocycles. The van der Waals surface area contributed by atoms with Crippen LogP contribution in [0.4, 0.5) is 26.4 Å². The van der Waals surface area contributed by atoms with Gasteiger partial charge in [0.15, 0.2) is 17.3 Å². The van der Waals surface area contributed by atoms with E-state index in [-0.39, 0.29) is 52.6 Å². The molecule has 198 valence electrons.